The van der Waals surface area contributed by atoms with Gasteiger partial charge in [0.2, 0.25) is 0 Å². The van der Waals surface area contributed by atoms with Crippen molar-refractivity contribution >= 4 is 11.3 Å². The van der Waals surface area contributed by atoms with Crippen LogP contribution < -0.4 is 5.32 Å². The monoisotopic (exact) mass is 199 g/mol. The van der Waals surface area contributed by atoms with Crippen molar-refractivity contribution in [2.24, 2.45) is 0 Å². The molecule has 0 unspecified atom stereocenters. The maximum absolute atomic E-state index is 8.81. The van der Waals surface area contributed by atoms with Crippen molar-refractivity contribution in [3.05, 3.63) is 21.9 Å². The van der Waals surface area contributed by atoms with Crippen molar-refractivity contribution < 1.29 is 5.11 Å². The molecular weight excluding hydrogens is 182 g/mol. The van der Waals surface area contributed by atoms with Crippen LogP contribution >= 0.6 is 11.3 Å². The zero-order valence-electron chi connectivity index (χ0n) is 8.21. The summed E-state index contributed by atoms with van der Waals surface area (Å²) in [6.45, 7) is 5.21. The Bertz CT molecular complexity index is 247. The number of nitrogens with one attached hydrogen (secondary N) is 1. The number of hydrogen-bond donors (Lipinski definition) is 2. The van der Waals surface area contributed by atoms with Crippen LogP contribution in [0.15, 0.2) is 12.1 Å². The second kappa shape index (κ2) is 5.37. The van der Waals surface area contributed by atoms with Crippen molar-refractivity contribution in [2.45, 2.75) is 32.9 Å². The number of hydrogen-bond acceptors (Lipinski definition) is 3. The molecule has 0 aromatic carbocycles. The molecule has 0 saturated carbocycles. The van der Waals surface area contributed by atoms with Gasteiger partial charge in [0.15, 0.2) is 0 Å². The number of aliphatic hydroxyl groups is 1. The van der Waals surface area contributed by atoms with E-state index in [2.05, 4.69) is 24.4 Å². The third-order valence-corrected chi connectivity index (χ3v) is 3.19. The lowest BCUT2D eigenvalue weighted by Crippen LogP contribution is -2.28. The van der Waals surface area contributed by atoms with Crippen LogP contribution in [0.1, 0.15) is 23.6 Å². The molecule has 0 fully saturated rings. The summed E-state index contributed by atoms with van der Waals surface area (Å²) in [5.41, 5.74) is 0. The van der Waals surface area contributed by atoms with E-state index < -0.39 is 0 Å². The molecule has 0 amide bonds. The van der Waals surface area contributed by atoms with E-state index in [1.165, 1.54) is 9.75 Å². The maximum Gasteiger partial charge on any atom is 0.0582 e. The highest BCUT2D eigenvalue weighted by molar-refractivity contribution is 7.11. The molecule has 1 heterocycles. The van der Waals surface area contributed by atoms with Crippen LogP contribution in [-0.4, -0.2) is 17.8 Å². The number of rotatable bonds is 5. The molecule has 0 aliphatic rings. The van der Waals surface area contributed by atoms with Crippen molar-refractivity contribution in [3.63, 3.8) is 0 Å². The lowest BCUT2D eigenvalue weighted by molar-refractivity contribution is 0.251. The van der Waals surface area contributed by atoms with Gasteiger partial charge in [-0.15, -0.1) is 11.3 Å². The molecule has 3 heteroatoms. The van der Waals surface area contributed by atoms with Gasteiger partial charge in [0, 0.05) is 22.3 Å². The lowest BCUT2D eigenvalue weighted by atomic mass is 10.3. The van der Waals surface area contributed by atoms with Gasteiger partial charge in [-0.3, -0.25) is 0 Å². The van der Waals surface area contributed by atoms with E-state index in [9.17, 15) is 0 Å². The molecule has 1 aromatic heterocycles. The molecule has 0 bridgehead atoms. The largest absolute Gasteiger partial charge is 0.395 e. The molecule has 2 N–H and O–H groups in total. The van der Waals surface area contributed by atoms with Crippen LogP contribution in [0.3, 0.4) is 0 Å². The lowest BCUT2D eigenvalue weighted by Gasteiger charge is -2.08. The van der Waals surface area contributed by atoms with E-state index in [4.69, 9.17) is 5.11 Å². The Morgan fingerprint density at radius 3 is 2.69 bits per heavy atom. The fourth-order valence-electron chi connectivity index (χ4n) is 1.05. The molecule has 1 rings (SSSR count). The minimum Gasteiger partial charge on any atom is -0.395 e. The summed E-state index contributed by atoms with van der Waals surface area (Å²) in [6, 6.07) is 4.51. The van der Waals surface area contributed by atoms with Gasteiger partial charge in [0.05, 0.1) is 6.61 Å². The summed E-state index contributed by atoms with van der Waals surface area (Å²) in [4.78, 5) is 2.77. The highest BCUT2D eigenvalue weighted by Crippen LogP contribution is 2.16. The molecule has 0 saturated heterocycles. The minimum absolute atomic E-state index is 0.187. The number of aryl methyl sites for hydroxylation is 1. The highest BCUT2D eigenvalue weighted by atomic mass is 32.1. The van der Waals surface area contributed by atoms with Gasteiger partial charge in [-0.1, -0.05) is 6.92 Å². The van der Waals surface area contributed by atoms with Crippen molar-refractivity contribution in [2.75, 3.05) is 6.61 Å². The molecule has 0 aliphatic heterocycles. The topological polar surface area (TPSA) is 32.3 Å². The fourth-order valence-corrected chi connectivity index (χ4v) is 1.96. The number of thiophene rings is 1. The van der Waals surface area contributed by atoms with Crippen molar-refractivity contribution in [3.8, 4) is 0 Å². The van der Waals surface area contributed by atoms with Gasteiger partial charge >= 0.3 is 0 Å². The van der Waals surface area contributed by atoms with E-state index >= 15 is 0 Å². The second-order valence-electron chi connectivity index (χ2n) is 3.19. The van der Waals surface area contributed by atoms with Crippen molar-refractivity contribution in [1.29, 1.82) is 0 Å². The average Bonchev–Trinajstić information content (AvgIpc) is 2.61. The molecule has 0 radical (unpaired) electrons. The van der Waals surface area contributed by atoms with Crippen LogP contribution in [0, 0.1) is 0 Å². The van der Waals surface area contributed by atoms with Crippen LogP contribution in [0.2, 0.25) is 0 Å². The zero-order chi connectivity index (χ0) is 9.68. The Balaban J connectivity index is 2.36. The van der Waals surface area contributed by atoms with Crippen LogP contribution in [-0.2, 0) is 13.0 Å². The third-order valence-electron chi connectivity index (χ3n) is 1.96. The predicted molar refractivity (Wildman–Crippen MR) is 57.1 cm³/mol. The van der Waals surface area contributed by atoms with E-state index in [1.54, 1.807) is 0 Å². The Labute approximate surface area is 83.6 Å². The standard InChI is InChI=1S/C10H17NOS/c1-3-9-4-5-10(13-9)6-11-8(2)7-12/h4-5,8,11-12H,3,6-7H2,1-2H3/t8-/m1/s1. The SMILES string of the molecule is CCc1ccc(CN[C@H](C)CO)s1. The van der Waals surface area contributed by atoms with Gasteiger partial charge in [-0.05, 0) is 25.5 Å². The van der Waals surface area contributed by atoms with Gasteiger partial charge < -0.3 is 10.4 Å². The Morgan fingerprint density at radius 2 is 2.15 bits per heavy atom. The quantitative estimate of drug-likeness (QED) is 0.757. The van der Waals surface area contributed by atoms with Gasteiger partial charge in [-0.2, -0.15) is 0 Å². The van der Waals surface area contributed by atoms with E-state index in [1.807, 2.05) is 18.3 Å². The van der Waals surface area contributed by atoms with Crippen LogP contribution in [0.5, 0.6) is 0 Å². The van der Waals surface area contributed by atoms with Crippen LogP contribution in [0.25, 0.3) is 0 Å². The zero-order valence-corrected chi connectivity index (χ0v) is 9.03. The first-order valence-corrected chi connectivity index (χ1v) is 5.49. The van der Waals surface area contributed by atoms with Gasteiger partial charge in [0.25, 0.3) is 0 Å². The smallest absolute Gasteiger partial charge is 0.0582 e. The summed E-state index contributed by atoms with van der Waals surface area (Å²) >= 11 is 1.84. The molecule has 1 atom stereocenters. The summed E-state index contributed by atoms with van der Waals surface area (Å²) < 4.78 is 0. The Kier molecular flexibility index (Phi) is 4.42. The van der Waals surface area contributed by atoms with Gasteiger partial charge in [-0.25, -0.2) is 0 Å². The summed E-state index contributed by atoms with van der Waals surface area (Å²) in [7, 11) is 0. The van der Waals surface area contributed by atoms with E-state index in [-0.39, 0.29) is 12.6 Å². The highest BCUT2D eigenvalue weighted by Gasteiger charge is 2.01. The predicted octanol–water partition coefficient (Wildman–Crippen LogP) is 1.78. The Morgan fingerprint density at radius 1 is 1.46 bits per heavy atom. The fraction of sp³-hybridized carbons (Fsp3) is 0.600. The molecule has 74 valence electrons. The molecule has 13 heavy (non-hydrogen) atoms. The molecule has 0 aliphatic carbocycles. The van der Waals surface area contributed by atoms with Gasteiger partial charge in [0.1, 0.15) is 0 Å². The average molecular weight is 199 g/mol. The molecule has 2 nitrogen and oxygen atoms in total. The number of aliphatic hydroxyl groups excluding tert-OH is 1. The van der Waals surface area contributed by atoms with E-state index in [0.29, 0.717) is 0 Å². The summed E-state index contributed by atoms with van der Waals surface area (Å²) in [5, 5.41) is 12.1. The minimum atomic E-state index is 0.187. The first-order chi connectivity index (χ1) is 6.26. The van der Waals surface area contributed by atoms with Crippen LogP contribution in [0.4, 0.5) is 0 Å². The second-order valence-corrected chi connectivity index (χ2v) is 4.44. The van der Waals surface area contributed by atoms with Crippen molar-refractivity contribution in [1.82, 2.24) is 5.32 Å². The Hall–Kier alpha value is -0.380. The molecular formula is C10H17NOS. The molecule has 1 aromatic rings. The summed E-state index contributed by atoms with van der Waals surface area (Å²) in [5.74, 6) is 0. The summed E-state index contributed by atoms with van der Waals surface area (Å²) in [6.07, 6.45) is 1.11. The third kappa shape index (κ3) is 3.46. The normalized spacial score (nSPS) is 13.2. The molecule has 0 spiro atoms. The maximum atomic E-state index is 8.81. The first-order valence-electron chi connectivity index (χ1n) is 4.68. The van der Waals surface area contributed by atoms with E-state index in [0.717, 1.165) is 13.0 Å². The first kappa shape index (κ1) is 10.7.